The number of allylic oxidation sites excluding steroid dienone is 5. The van der Waals surface area contributed by atoms with Crippen LogP contribution < -0.4 is 5.63 Å². The topological polar surface area (TPSA) is 87.7 Å². The Balaban J connectivity index is 2.86. The minimum atomic E-state index is -0.801. The molecule has 184 valence electrons. The molecule has 0 aliphatic carbocycles. The number of carboxylic acid groups (broad SMARTS) is 1. The van der Waals surface area contributed by atoms with Crippen LogP contribution in [0.2, 0.25) is 0 Å². The van der Waals surface area contributed by atoms with Gasteiger partial charge in [-0.1, -0.05) is 62.1 Å². The van der Waals surface area contributed by atoms with Gasteiger partial charge in [-0.2, -0.15) is 0 Å². The van der Waals surface area contributed by atoms with Crippen molar-refractivity contribution in [3.8, 4) is 5.75 Å². The summed E-state index contributed by atoms with van der Waals surface area (Å²) >= 11 is 0. The third-order valence-electron chi connectivity index (χ3n) is 6.22. The first kappa shape index (κ1) is 28.5. The fraction of sp³-hybridized carbons (Fsp3) is 0.571. The second-order valence-corrected chi connectivity index (χ2v) is 9.59. The maximum atomic E-state index is 12.0. The molecule has 0 aliphatic rings. The van der Waals surface area contributed by atoms with Gasteiger partial charge >= 0.3 is 11.6 Å². The van der Waals surface area contributed by atoms with E-state index < -0.39 is 17.5 Å². The number of aliphatic carboxylic acids is 1. The zero-order chi connectivity index (χ0) is 25.3. The molecule has 0 fully saturated rings. The van der Waals surface area contributed by atoms with Crippen molar-refractivity contribution in [3.63, 3.8) is 0 Å². The molecule has 0 aliphatic heterocycles. The van der Waals surface area contributed by atoms with Gasteiger partial charge in [-0.15, -0.1) is 0 Å². The monoisotopic (exact) mass is 458 g/mol. The summed E-state index contributed by atoms with van der Waals surface area (Å²) < 4.78 is 5.44. The largest absolute Gasteiger partial charge is 0.507 e. The van der Waals surface area contributed by atoms with Crippen LogP contribution in [0.25, 0.3) is 0 Å². The van der Waals surface area contributed by atoms with Crippen LogP contribution in [0.3, 0.4) is 0 Å². The Hall–Kier alpha value is -2.56. The Labute approximate surface area is 198 Å². The summed E-state index contributed by atoms with van der Waals surface area (Å²) in [7, 11) is 0. The van der Waals surface area contributed by atoms with Crippen molar-refractivity contribution in [3.05, 3.63) is 62.3 Å². The molecule has 0 radical (unpaired) electrons. The van der Waals surface area contributed by atoms with Crippen molar-refractivity contribution in [1.82, 2.24) is 0 Å². The van der Waals surface area contributed by atoms with Crippen LogP contribution in [0.5, 0.6) is 5.75 Å². The van der Waals surface area contributed by atoms with Gasteiger partial charge in [0.2, 0.25) is 0 Å². The third kappa shape index (κ3) is 9.07. The Morgan fingerprint density at radius 2 is 1.70 bits per heavy atom. The molecule has 3 atom stereocenters. The molecular formula is C28H42O5. The molecule has 2 N–H and O–H groups in total. The maximum Gasteiger partial charge on any atom is 0.342 e. The minimum absolute atomic E-state index is 0.00987. The van der Waals surface area contributed by atoms with E-state index in [9.17, 15) is 19.8 Å². The summed E-state index contributed by atoms with van der Waals surface area (Å²) in [4.78, 5) is 23.7. The van der Waals surface area contributed by atoms with Crippen LogP contribution in [-0.4, -0.2) is 16.2 Å². The van der Waals surface area contributed by atoms with E-state index in [0.717, 1.165) is 30.4 Å². The zero-order valence-corrected chi connectivity index (χ0v) is 21.6. The molecular weight excluding hydrogens is 416 g/mol. The fourth-order valence-corrected chi connectivity index (χ4v) is 4.17. The molecule has 1 heterocycles. The Morgan fingerprint density at radius 3 is 2.27 bits per heavy atom. The van der Waals surface area contributed by atoms with E-state index in [1.165, 1.54) is 5.57 Å². The number of hydrogen-bond donors (Lipinski definition) is 2. The lowest BCUT2D eigenvalue weighted by molar-refractivity contribution is -0.140. The highest BCUT2D eigenvalue weighted by molar-refractivity contribution is 5.72. The van der Waals surface area contributed by atoms with Crippen LogP contribution >= 0.6 is 0 Å². The molecule has 3 unspecified atom stereocenters. The normalized spacial score (nSPS) is 15.9. The number of aromatic hydroxyl groups is 1. The number of rotatable bonds is 12. The zero-order valence-electron chi connectivity index (χ0n) is 21.6. The molecule has 0 spiro atoms. The van der Waals surface area contributed by atoms with Crippen molar-refractivity contribution in [1.29, 1.82) is 0 Å². The molecule has 33 heavy (non-hydrogen) atoms. The van der Waals surface area contributed by atoms with E-state index in [0.29, 0.717) is 30.1 Å². The standard InChI is InChI=1S/C28H42O5/c1-9-17(2)13-18(3)11-10-12-24(27(30)31)16-20(5)14-19(4)15-21(6)26-22(7)25(29)23(8)28(32)33-26/h13-14,16-17,21,24,29H,9-12,15H2,1-8H3,(H,30,31). The van der Waals surface area contributed by atoms with Gasteiger partial charge in [0.1, 0.15) is 11.5 Å². The van der Waals surface area contributed by atoms with Gasteiger partial charge in [-0.05, 0) is 66.2 Å². The molecule has 0 bridgehead atoms. The second-order valence-electron chi connectivity index (χ2n) is 9.59. The highest BCUT2D eigenvalue weighted by atomic mass is 16.4. The van der Waals surface area contributed by atoms with Crippen LogP contribution in [0.1, 0.15) is 96.5 Å². The quantitative estimate of drug-likeness (QED) is 0.255. The maximum absolute atomic E-state index is 12.0. The van der Waals surface area contributed by atoms with Gasteiger partial charge in [0.25, 0.3) is 0 Å². The van der Waals surface area contributed by atoms with Crippen LogP contribution in [-0.2, 0) is 4.79 Å². The third-order valence-corrected chi connectivity index (χ3v) is 6.22. The van der Waals surface area contributed by atoms with E-state index in [-0.39, 0.29) is 17.2 Å². The Morgan fingerprint density at radius 1 is 1.06 bits per heavy atom. The first-order chi connectivity index (χ1) is 15.4. The van der Waals surface area contributed by atoms with Crippen molar-refractivity contribution < 1.29 is 19.4 Å². The van der Waals surface area contributed by atoms with Crippen molar-refractivity contribution >= 4 is 5.97 Å². The fourth-order valence-electron chi connectivity index (χ4n) is 4.17. The smallest absolute Gasteiger partial charge is 0.342 e. The molecule has 0 amide bonds. The average Bonchev–Trinajstić information content (AvgIpc) is 2.73. The highest BCUT2D eigenvalue weighted by Gasteiger charge is 2.19. The SMILES string of the molecule is CCC(C)C=C(C)CCCC(C=C(C)C=C(C)CC(C)c1oc(=O)c(C)c(O)c1C)C(=O)O. The molecule has 5 nitrogen and oxygen atoms in total. The van der Waals surface area contributed by atoms with Crippen molar-refractivity contribution in [2.45, 2.75) is 93.4 Å². The Bertz CT molecular complexity index is 961. The molecule has 1 rings (SSSR count). The molecule has 5 heteroatoms. The predicted molar refractivity (Wildman–Crippen MR) is 135 cm³/mol. The van der Waals surface area contributed by atoms with Gasteiger partial charge in [-0.3, -0.25) is 4.79 Å². The summed E-state index contributed by atoms with van der Waals surface area (Å²) in [6.07, 6.45) is 10.2. The lowest BCUT2D eigenvalue weighted by Gasteiger charge is -2.15. The van der Waals surface area contributed by atoms with Gasteiger partial charge in [-0.25, -0.2) is 4.79 Å². The molecule has 0 saturated carbocycles. The summed E-state index contributed by atoms with van der Waals surface area (Å²) in [5.41, 5.74) is 3.57. The lowest BCUT2D eigenvalue weighted by atomic mass is 9.93. The summed E-state index contributed by atoms with van der Waals surface area (Å²) in [5, 5.41) is 19.8. The summed E-state index contributed by atoms with van der Waals surface area (Å²) in [6.45, 7) is 15.6. The Kier molecular flexibility index (Phi) is 11.4. The van der Waals surface area contributed by atoms with Gasteiger partial charge < -0.3 is 14.6 Å². The van der Waals surface area contributed by atoms with Gasteiger partial charge in [0, 0.05) is 11.5 Å². The summed E-state index contributed by atoms with van der Waals surface area (Å²) in [5.74, 6) is -0.379. The molecule has 1 aromatic heterocycles. The summed E-state index contributed by atoms with van der Waals surface area (Å²) in [6, 6.07) is 0. The van der Waals surface area contributed by atoms with E-state index in [4.69, 9.17) is 4.42 Å². The highest BCUT2D eigenvalue weighted by Crippen LogP contribution is 2.31. The molecule has 0 saturated heterocycles. The van der Waals surface area contributed by atoms with Crippen LogP contribution in [0, 0.1) is 25.7 Å². The number of hydrogen-bond acceptors (Lipinski definition) is 4. The van der Waals surface area contributed by atoms with Crippen molar-refractivity contribution in [2.24, 2.45) is 11.8 Å². The van der Waals surface area contributed by atoms with Gasteiger partial charge in [0.15, 0.2) is 0 Å². The van der Waals surface area contributed by atoms with E-state index in [1.54, 1.807) is 13.8 Å². The molecule has 0 aromatic carbocycles. The van der Waals surface area contributed by atoms with E-state index >= 15 is 0 Å². The first-order valence-electron chi connectivity index (χ1n) is 12.0. The lowest BCUT2D eigenvalue weighted by Crippen LogP contribution is -2.11. The van der Waals surface area contributed by atoms with Crippen LogP contribution in [0.15, 0.2) is 44.2 Å². The van der Waals surface area contributed by atoms with Gasteiger partial charge in [0.05, 0.1) is 11.5 Å². The predicted octanol–water partition coefficient (Wildman–Crippen LogP) is 7.21. The van der Waals surface area contributed by atoms with E-state index in [1.807, 2.05) is 32.9 Å². The van der Waals surface area contributed by atoms with Crippen LogP contribution in [0.4, 0.5) is 0 Å². The minimum Gasteiger partial charge on any atom is -0.507 e. The van der Waals surface area contributed by atoms with E-state index in [2.05, 4.69) is 26.8 Å². The number of carboxylic acids is 1. The second kappa shape index (κ2) is 13.2. The van der Waals surface area contributed by atoms with Crippen molar-refractivity contribution in [2.75, 3.05) is 0 Å². The first-order valence-corrected chi connectivity index (χ1v) is 12.0. The molecule has 1 aromatic rings. The number of carbonyl (C=O) groups is 1. The average molecular weight is 459 g/mol.